The predicted octanol–water partition coefficient (Wildman–Crippen LogP) is 1.35. The van der Waals surface area contributed by atoms with Gasteiger partial charge < -0.3 is 20.5 Å². The van der Waals surface area contributed by atoms with Gasteiger partial charge in [0.25, 0.3) is 0 Å². The summed E-state index contributed by atoms with van der Waals surface area (Å²) < 4.78 is 5.63. The van der Waals surface area contributed by atoms with Crippen LogP contribution >= 0.6 is 15.9 Å². The first-order valence-electron chi connectivity index (χ1n) is 5.53. The molecule has 1 atom stereocenters. The van der Waals surface area contributed by atoms with Crippen molar-refractivity contribution in [2.24, 2.45) is 0 Å². The summed E-state index contributed by atoms with van der Waals surface area (Å²) in [5, 5.41) is 13.7. The fourth-order valence-electron chi connectivity index (χ4n) is 1.38. The Morgan fingerprint density at radius 2 is 2.21 bits per heavy atom. The fraction of sp³-hybridized carbons (Fsp3) is 0.333. The summed E-state index contributed by atoms with van der Waals surface area (Å²) in [6.07, 6.45) is 0. The summed E-state index contributed by atoms with van der Waals surface area (Å²) in [7, 11) is 1.37. The van der Waals surface area contributed by atoms with Crippen LogP contribution in [0, 0.1) is 0 Å². The van der Waals surface area contributed by atoms with Gasteiger partial charge in [-0.25, -0.2) is 9.59 Å². The molecule has 1 aromatic carbocycles. The number of halogens is 1. The molecule has 1 aromatic rings. The zero-order valence-electron chi connectivity index (χ0n) is 10.4. The maximum absolute atomic E-state index is 11.5. The Labute approximate surface area is 119 Å². The second kappa shape index (κ2) is 7.75. The number of carboxylic acid groups (broad SMARTS) is 1. The maximum Gasteiger partial charge on any atom is 0.328 e. The lowest BCUT2D eigenvalue weighted by molar-refractivity contribution is -0.140. The highest BCUT2D eigenvalue weighted by Gasteiger charge is 2.19. The van der Waals surface area contributed by atoms with Gasteiger partial charge in [-0.3, -0.25) is 0 Å². The van der Waals surface area contributed by atoms with Crippen LogP contribution in [0.1, 0.15) is 5.56 Å². The normalized spacial score (nSPS) is 11.7. The predicted molar refractivity (Wildman–Crippen MR) is 72.8 cm³/mol. The number of aliphatic carboxylic acids is 1. The van der Waals surface area contributed by atoms with E-state index < -0.39 is 18.0 Å². The van der Waals surface area contributed by atoms with Crippen LogP contribution in [-0.4, -0.2) is 36.9 Å². The van der Waals surface area contributed by atoms with Gasteiger partial charge in [0.1, 0.15) is 0 Å². The molecule has 3 N–H and O–H groups in total. The Hall–Kier alpha value is -1.60. The van der Waals surface area contributed by atoms with E-state index in [1.165, 1.54) is 7.11 Å². The van der Waals surface area contributed by atoms with E-state index in [0.29, 0.717) is 6.54 Å². The molecule has 0 radical (unpaired) electrons. The summed E-state index contributed by atoms with van der Waals surface area (Å²) in [5.74, 6) is -1.14. The van der Waals surface area contributed by atoms with Crippen LogP contribution in [-0.2, 0) is 16.1 Å². The molecule has 0 aliphatic rings. The first-order valence-corrected chi connectivity index (χ1v) is 6.32. The van der Waals surface area contributed by atoms with Crippen molar-refractivity contribution in [3.8, 4) is 0 Å². The number of carbonyl (C=O) groups is 2. The number of urea groups is 1. The molecule has 0 saturated heterocycles. The van der Waals surface area contributed by atoms with Crippen LogP contribution < -0.4 is 10.6 Å². The van der Waals surface area contributed by atoms with Gasteiger partial charge in [0.15, 0.2) is 6.04 Å². The third-order valence-corrected chi connectivity index (χ3v) is 2.77. The monoisotopic (exact) mass is 330 g/mol. The molecule has 104 valence electrons. The van der Waals surface area contributed by atoms with E-state index in [-0.39, 0.29) is 6.61 Å². The molecule has 19 heavy (non-hydrogen) atoms. The van der Waals surface area contributed by atoms with Crippen LogP contribution in [0.5, 0.6) is 0 Å². The summed E-state index contributed by atoms with van der Waals surface area (Å²) in [6, 6.07) is 5.84. The number of nitrogens with one attached hydrogen (secondary N) is 2. The van der Waals surface area contributed by atoms with Gasteiger partial charge in [-0.05, 0) is 17.7 Å². The van der Waals surface area contributed by atoms with Gasteiger partial charge in [-0.1, -0.05) is 28.1 Å². The van der Waals surface area contributed by atoms with Gasteiger partial charge in [0, 0.05) is 18.1 Å². The minimum atomic E-state index is -1.14. The van der Waals surface area contributed by atoms with Gasteiger partial charge in [-0.15, -0.1) is 0 Å². The van der Waals surface area contributed by atoms with E-state index in [0.717, 1.165) is 10.0 Å². The van der Waals surface area contributed by atoms with Crippen molar-refractivity contribution in [2.75, 3.05) is 13.7 Å². The SMILES string of the molecule is COCC(NC(=O)NCc1cccc(Br)c1)C(=O)O. The van der Waals surface area contributed by atoms with Crippen LogP contribution in [0.3, 0.4) is 0 Å². The van der Waals surface area contributed by atoms with Crippen molar-refractivity contribution in [2.45, 2.75) is 12.6 Å². The highest BCUT2D eigenvalue weighted by molar-refractivity contribution is 9.10. The quantitative estimate of drug-likeness (QED) is 0.734. The third-order valence-electron chi connectivity index (χ3n) is 2.28. The summed E-state index contributed by atoms with van der Waals surface area (Å²) in [5.41, 5.74) is 0.906. The van der Waals surface area contributed by atoms with E-state index in [1.807, 2.05) is 24.3 Å². The van der Waals surface area contributed by atoms with E-state index in [1.54, 1.807) is 0 Å². The van der Waals surface area contributed by atoms with E-state index in [2.05, 4.69) is 26.6 Å². The minimum Gasteiger partial charge on any atom is -0.480 e. The van der Waals surface area contributed by atoms with E-state index in [9.17, 15) is 9.59 Å². The second-order valence-corrected chi connectivity index (χ2v) is 4.72. The van der Waals surface area contributed by atoms with Crippen LogP contribution in [0.25, 0.3) is 0 Å². The lowest BCUT2D eigenvalue weighted by Crippen LogP contribution is -2.48. The molecule has 1 unspecified atom stereocenters. The number of methoxy groups -OCH3 is 1. The molecule has 6 nitrogen and oxygen atoms in total. The molecule has 0 aliphatic heterocycles. The molecule has 7 heteroatoms. The molecular weight excluding hydrogens is 316 g/mol. The molecule has 0 aromatic heterocycles. The minimum absolute atomic E-state index is 0.0837. The molecular formula is C12H15BrN2O4. The van der Waals surface area contributed by atoms with Gasteiger partial charge in [-0.2, -0.15) is 0 Å². The average Bonchev–Trinajstić information content (AvgIpc) is 2.36. The Morgan fingerprint density at radius 1 is 1.47 bits per heavy atom. The molecule has 0 saturated carbocycles. The zero-order valence-corrected chi connectivity index (χ0v) is 11.9. The number of amides is 2. The third kappa shape index (κ3) is 5.71. The van der Waals surface area contributed by atoms with E-state index in [4.69, 9.17) is 9.84 Å². The summed E-state index contributed by atoms with van der Waals surface area (Å²) in [4.78, 5) is 22.4. The number of hydrogen-bond donors (Lipinski definition) is 3. The number of benzene rings is 1. The lowest BCUT2D eigenvalue weighted by Gasteiger charge is -2.14. The van der Waals surface area contributed by atoms with Crippen molar-refractivity contribution in [3.63, 3.8) is 0 Å². The van der Waals surface area contributed by atoms with Crippen molar-refractivity contribution < 1.29 is 19.4 Å². The molecule has 0 fully saturated rings. The van der Waals surface area contributed by atoms with E-state index >= 15 is 0 Å². The first kappa shape index (κ1) is 15.5. The van der Waals surface area contributed by atoms with Crippen molar-refractivity contribution in [1.29, 1.82) is 0 Å². The smallest absolute Gasteiger partial charge is 0.328 e. The van der Waals surface area contributed by atoms with Crippen LogP contribution in [0.15, 0.2) is 28.7 Å². The fourth-order valence-corrected chi connectivity index (χ4v) is 1.83. The van der Waals surface area contributed by atoms with Gasteiger partial charge in [0.2, 0.25) is 0 Å². The number of carbonyl (C=O) groups excluding carboxylic acids is 1. The zero-order chi connectivity index (χ0) is 14.3. The van der Waals surface area contributed by atoms with Gasteiger partial charge >= 0.3 is 12.0 Å². The maximum atomic E-state index is 11.5. The largest absolute Gasteiger partial charge is 0.480 e. The molecule has 2 amide bonds. The van der Waals surface area contributed by atoms with Crippen molar-refractivity contribution in [3.05, 3.63) is 34.3 Å². The Balaban J connectivity index is 2.44. The second-order valence-electron chi connectivity index (χ2n) is 3.80. The van der Waals surface area contributed by atoms with Crippen molar-refractivity contribution >= 4 is 27.9 Å². The molecule has 1 rings (SSSR count). The summed E-state index contributed by atoms with van der Waals surface area (Å²) in [6.45, 7) is 0.226. The number of hydrogen-bond acceptors (Lipinski definition) is 3. The highest BCUT2D eigenvalue weighted by atomic mass is 79.9. The Morgan fingerprint density at radius 3 is 2.79 bits per heavy atom. The number of rotatable bonds is 6. The molecule has 0 bridgehead atoms. The van der Waals surface area contributed by atoms with Crippen molar-refractivity contribution in [1.82, 2.24) is 10.6 Å². The Kier molecular flexibility index (Phi) is 6.31. The molecule has 0 heterocycles. The topological polar surface area (TPSA) is 87.7 Å². The Bertz CT molecular complexity index is 453. The van der Waals surface area contributed by atoms with Crippen LogP contribution in [0.4, 0.5) is 4.79 Å². The first-order chi connectivity index (χ1) is 9.02. The number of carboxylic acids is 1. The highest BCUT2D eigenvalue weighted by Crippen LogP contribution is 2.11. The lowest BCUT2D eigenvalue weighted by atomic mass is 10.2. The average molecular weight is 331 g/mol. The summed E-state index contributed by atoms with van der Waals surface area (Å²) >= 11 is 3.33. The standard InChI is InChI=1S/C12H15BrN2O4/c1-19-7-10(11(16)17)15-12(18)14-6-8-3-2-4-9(13)5-8/h2-5,10H,6-7H2,1H3,(H,16,17)(H2,14,15,18). The van der Waals surface area contributed by atoms with Gasteiger partial charge in [0.05, 0.1) is 6.61 Å². The van der Waals surface area contributed by atoms with Crippen LogP contribution in [0.2, 0.25) is 0 Å². The number of ether oxygens (including phenoxy) is 1. The molecule has 0 spiro atoms. The molecule has 0 aliphatic carbocycles.